The van der Waals surface area contributed by atoms with E-state index < -0.39 is 0 Å². The van der Waals surface area contributed by atoms with Crippen molar-refractivity contribution >= 4 is 22.4 Å². The Bertz CT molecular complexity index is 772. The number of anilines is 1. The Hall–Kier alpha value is -2.35. The number of hydrogen-bond donors (Lipinski definition) is 0. The first-order valence-electron chi connectivity index (χ1n) is 9.23. The summed E-state index contributed by atoms with van der Waals surface area (Å²) in [7, 11) is 1.63. The molecule has 7 nitrogen and oxygen atoms in total. The molecule has 0 spiro atoms. The SMILES string of the molecule is CCOc1ccc(CCC(=O)N2CCN(c3nnc(C)s3)CC2)cc1OC. The maximum Gasteiger partial charge on any atom is 0.223 e. The van der Waals surface area contributed by atoms with Gasteiger partial charge in [0, 0.05) is 32.6 Å². The van der Waals surface area contributed by atoms with Gasteiger partial charge in [-0.3, -0.25) is 4.79 Å². The third-order valence-electron chi connectivity index (χ3n) is 4.57. The number of rotatable bonds is 7. The predicted octanol–water partition coefficient (Wildman–Crippen LogP) is 2.54. The molecule has 2 heterocycles. The van der Waals surface area contributed by atoms with E-state index in [1.165, 1.54) is 0 Å². The number of hydrogen-bond acceptors (Lipinski definition) is 7. The van der Waals surface area contributed by atoms with Crippen molar-refractivity contribution in [2.24, 2.45) is 0 Å². The number of carbonyl (C=O) groups excluding carboxylic acids is 1. The Kier molecular flexibility index (Phi) is 6.49. The maximum atomic E-state index is 12.6. The number of amides is 1. The van der Waals surface area contributed by atoms with Crippen LogP contribution < -0.4 is 14.4 Å². The van der Waals surface area contributed by atoms with Crippen molar-refractivity contribution in [3.05, 3.63) is 28.8 Å². The molecule has 0 N–H and O–H groups in total. The van der Waals surface area contributed by atoms with Crippen LogP contribution in [0.15, 0.2) is 18.2 Å². The molecule has 1 saturated heterocycles. The molecule has 0 unspecified atom stereocenters. The maximum absolute atomic E-state index is 12.6. The van der Waals surface area contributed by atoms with Crippen LogP contribution >= 0.6 is 11.3 Å². The lowest BCUT2D eigenvalue weighted by molar-refractivity contribution is -0.131. The van der Waals surface area contributed by atoms with Crippen LogP contribution in [0.3, 0.4) is 0 Å². The molecule has 1 aliphatic rings. The van der Waals surface area contributed by atoms with E-state index in [4.69, 9.17) is 9.47 Å². The highest BCUT2D eigenvalue weighted by Gasteiger charge is 2.22. The summed E-state index contributed by atoms with van der Waals surface area (Å²) in [6.07, 6.45) is 1.19. The molecule has 0 aliphatic carbocycles. The molecule has 1 aromatic carbocycles. The van der Waals surface area contributed by atoms with E-state index in [0.717, 1.165) is 47.6 Å². The second-order valence-corrected chi connectivity index (χ2v) is 7.55. The number of methoxy groups -OCH3 is 1. The molecule has 0 saturated carbocycles. The molecule has 27 heavy (non-hydrogen) atoms. The van der Waals surface area contributed by atoms with Gasteiger partial charge in [0.15, 0.2) is 11.5 Å². The van der Waals surface area contributed by atoms with Crippen LogP contribution in [-0.4, -0.2) is 60.9 Å². The van der Waals surface area contributed by atoms with E-state index >= 15 is 0 Å². The van der Waals surface area contributed by atoms with Gasteiger partial charge in [-0.25, -0.2) is 0 Å². The number of nitrogens with zero attached hydrogens (tertiary/aromatic N) is 4. The van der Waals surface area contributed by atoms with Gasteiger partial charge in [0.25, 0.3) is 0 Å². The highest BCUT2D eigenvalue weighted by atomic mass is 32.1. The van der Waals surface area contributed by atoms with Crippen LogP contribution in [0.2, 0.25) is 0 Å². The normalized spacial score (nSPS) is 14.3. The quantitative estimate of drug-likeness (QED) is 0.724. The molecular weight excluding hydrogens is 364 g/mol. The lowest BCUT2D eigenvalue weighted by Gasteiger charge is -2.34. The molecular formula is C19H26N4O3S. The average molecular weight is 391 g/mol. The van der Waals surface area contributed by atoms with Crippen molar-refractivity contribution in [3.8, 4) is 11.5 Å². The van der Waals surface area contributed by atoms with Crippen molar-refractivity contribution in [2.45, 2.75) is 26.7 Å². The van der Waals surface area contributed by atoms with Crippen LogP contribution in [0, 0.1) is 6.92 Å². The van der Waals surface area contributed by atoms with E-state index in [1.807, 2.05) is 36.9 Å². The Morgan fingerprint density at radius 1 is 1.19 bits per heavy atom. The summed E-state index contributed by atoms with van der Waals surface area (Å²) in [6.45, 7) is 7.55. The van der Waals surface area contributed by atoms with Crippen LogP contribution in [0.1, 0.15) is 23.9 Å². The fourth-order valence-corrected chi connectivity index (χ4v) is 3.85. The van der Waals surface area contributed by atoms with Crippen LogP contribution in [-0.2, 0) is 11.2 Å². The Balaban J connectivity index is 1.50. The Morgan fingerprint density at radius 2 is 1.96 bits per heavy atom. The zero-order chi connectivity index (χ0) is 19.2. The summed E-state index contributed by atoms with van der Waals surface area (Å²) >= 11 is 1.60. The zero-order valence-electron chi connectivity index (χ0n) is 16.1. The third-order valence-corrected chi connectivity index (χ3v) is 5.47. The largest absolute Gasteiger partial charge is 0.493 e. The van der Waals surface area contributed by atoms with E-state index in [1.54, 1.807) is 18.4 Å². The van der Waals surface area contributed by atoms with Gasteiger partial charge in [-0.15, -0.1) is 10.2 Å². The minimum absolute atomic E-state index is 0.191. The lowest BCUT2D eigenvalue weighted by atomic mass is 10.1. The van der Waals surface area contributed by atoms with Crippen molar-refractivity contribution < 1.29 is 14.3 Å². The molecule has 1 amide bonds. The highest BCUT2D eigenvalue weighted by molar-refractivity contribution is 7.15. The molecule has 8 heteroatoms. The van der Waals surface area contributed by atoms with Crippen LogP contribution in [0.25, 0.3) is 0 Å². The third kappa shape index (κ3) is 4.88. The first kappa shape index (κ1) is 19.4. The Labute approximate surface area is 163 Å². The second-order valence-electron chi connectivity index (χ2n) is 6.39. The summed E-state index contributed by atoms with van der Waals surface area (Å²) < 4.78 is 10.9. The molecule has 1 aliphatic heterocycles. The second kappa shape index (κ2) is 9.03. The van der Waals surface area contributed by atoms with Gasteiger partial charge in [0.2, 0.25) is 11.0 Å². The van der Waals surface area contributed by atoms with Gasteiger partial charge in [0.1, 0.15) is 5.01 Å². The van der Waals surface area contributed by atoms with Gasteiger partial charge in [-0.2, -0.15) is 0 Å². The first-order valence-corrected chi connectivity index (χ1v) is 10.0. The van der Waals surface area contributed by atoms with Gasteiger partial charge < -0.3 is 19.3 Å². The van der Waals surface area contributed by atoms with Crippen molar-refractivity contribution in [2.75, 3.05) is 44.8 Å². The fraction of sp³-hybridized carbons (Fsp3) is 0.526. The predicted molar refractivity (Wildman–Crippen MR) is 106 cm³/mol. The number of aryl methyl sites for hydroxylation is 2. The minimum atomic E-state index is 0.191. The number of carbonyl (C=O) groups is 1. The lowest BCUT2D eigenvalue weighted by Crippen LogP contribution is -2.48. The van der Waals surface area contributed by atoms with E-state index in [-0.39, 0.29) is 5.91 Å². The topological polar surface area (TPSA) is 67.8 Å². The highest BCUT2D eigenvalue weighted by Crippen LogP contribution is 2.28. The summed E-state index contributed by atoms with van der Waals surface area (Å²) in [5, 5.41) is 10.2. The molecule has 0 bridgehead atoms. The van der Waals surface area contributed by atoms with Gasteiger partial charge in [0.05, 0.1) is 13.7 Å². The smallest absolute Gasteiger partial charge is 0.223 e. The standard InChI is InChI=1S/C19H26N4O3S/c1-4-26-16-7-5-15(13-17(16)25-3)6-8-18(24)22-9-11-23(12-10-22)19-21-20-14(2)27-19/h5,7,13H,4,6,8-12H2,1-3H3. The number of benzene rings is 1. The van der Waals surface area contributed by atoms with Gasteiger partial charge >= 0.3 is 0 Å². The summed E-state index contributed by atoms with van der Waals surface area (Å²) in [4.78, 5) is 16.7. The van der Waals surface area contributed by atoms with E-state index in [2.05, 4.69) is 15.1 Å². The molecule has 2 aromatic rings. The molecule has 3 rings (SSSR count). The van der Waals surface area contributed by atoms with Crippen molar-refractivity contribution in [3.63, 3.8) is 0 Å². The number of ether oxygens (including phenoxy) is 2. The van der Waals surface area contributed by atoms with E-state index in [0.29, 0.717) is 25.2 Å². The first-order chi connectivity index (χ1) is 13.1. The molecule has 1 fully saturated rings. The average Bonchev–Trinajstić information content (AvgIpc) is 3.13. The van der Waals surface area contributed by atoms with Crippen LogP contribution in [0.5, 0.6) is 11.5 Å². The van der Waals surface area contributed by atoms with Crippen molar-refractivity contribution in [1.82, 2.24) is 15.1 Å². The van der Waals surface area contributed by atoms with Gasteiger partial charge in [-0.05, 0) is 38.0 Å². The minimum Gasteiger partial charge on any atom is -0.493 e. The van der Waals surface area contributed by atoms with Crippen LogP contribution in [0.4, 0.5) is 5.13 Å². The van der Waals surface area contributed by atoms with Crippen molar-refractivity contribution in [1.29, 1.82) is 0 Å². The summed E-state index contributed by atoms with van der Waals surface area (Å²) in [6, 6.07) is 5.86. The zero-order valence-corrected chi connectivity index (χ0v) is 16.9. The molecule has 0 atom stereocenters. The molecule has 1 aromatic heterocycles. The monoisotopic (exact) mass is 390 g/mol. The summed E-state index contributed by atoms with van der Waals surface area (Å²) in [5.41, 5.74) is 1.08. The number of aromatic nitrogens is 2. The molecule has 146 valence electrons. The Morgan fingerprint density at radius 3 is 2.59 bits per heavy atom. The van der Waals surface area contributed by atoms with Gasteiger partial charge in [-0.1, -0.05) is 17.4 Å². The summed E-state index contributed by atoms with van der Waals surface area (Å²) in [5.74, 6) is 1.64. The van der Waals surface area contributed by atoms with E-state index in [9.17, 15) is 4.79 Å². The fourth-order valence-electron chi connectivity index (χ4n) is 3.11. The molecule has 0 radical (unpaired) electrons. The number of piperazine rings is 1.